The van der Waals surface area contributed by atoms with Gasteiger partial charge < -0.3 is 15.2 Å². The van der Waals surface area contributed by atoms with Crippen molar-refractivity contribution < 1.29 is 14.0 Å². The number of H-pyrrole nitrogens is 1. The van der Waals surface area contributed by atoms with E-state index in [0.717, 1.165) is 16.5 Å². The quantitative estimate of drug-likeness (QED) is 0.681. The van der Waals surface area contributed by atoms with Gasteiger partial charge in [-0.05, 0) is 54.4 Å². The van der Waals surface area contributed by atoms with Crippen LogP contribution in [0.3, 0.4) is 0 Å². The normalized spacial score (nSPS) is 16.7. The molecule has 1 aliphatic rings. The minimum absolute atomic E-state index is 0.0396. The summed E-state index contributed by atoms with van der Waals surface area (Å²) in [5.74, 6) is -0.886. The molecule has 2 heterocycles. The van der Waals surface area contributed by atoms with Gasteiger partial charge in [0.1, 0.15) is 5.82 Å². The van der Waals surface area contributed by atoms with Crippen molar-refractivity contribution in [2.24, 2.45) is 5.92 Å². The lowest BCUT2D eigenvalue weighted by molar-refractivity contribution is -0.128. The number of carbonyl (C=O) groups is 2. The fourth-order valence-electron chi connectivity index (χ4n) is 3.55. The minimum Gasteiger partial charge on any atom is -0.361 e. The molecule has 1 aliphatic heterocycles. The summed E-state index contributed by atoms with van der Waals surface area (Å²) in [5.41, 5.74) is 2.47. The number of benzene rings is 2. The zero-order chi connectivity index (χ0) is 19.7. The molecule has 1 aromatic heterocycles. The second kappa shape index (κ2) is 7.64. The van der Waals surface area contributed by atoms with Crippen molar-refractivity contribution in [2.75, 3.05) is 18.4 Å². The van der Waals surface area contributed by atoms with Crippen LogP contribution in [-0.2, 0) is 16.0 Å². The molecule has 2 aromatic carbocycles. The van der Waals surface area contributed by atoms with E-state index in [1.807, 2.05) is 6.20 Å². The molecular weight excluding hydrogens is 381 g/mol. The van der Waals surface area contributed by atoms with Crippen LogP contribution in [0.4, 0.5) is 10.1 Å². The number of likely N-dealkylation sites (tertiary alicyclic amines) is 1. The smallest absolute Gasteiger partial charge is 0.229 e. The van der Waals surface area contributed by atoms with E-state index in [2.05, 4.69) is 10.3 Å². The van der Waals surface area contributed by atoms with Crippen molar-refractivity contribution in [3.63, 3.8) is 0 Å². The number of halogens is 2. The summed E-state index contributed by atoms with van der Waals surface area (Å²) in [7, 11) is 0. The first-order valence-electron chi connectivity index (χ1n) is 9.09. The number of anilines is 1. The average molecular weight is 400 g/mol. The van der Waals surface area contributed by atoms with Gasteiger partial charge in [-0.15, -0.1) is 0 Å². The Morgan fingerprint density at radius 2 is 2.04 bits per heavy atom. The lowest BCUT2D eigenvalue weighted by atomic mass is 10.1. The first-order chi connectivity index (χ1) is 13.5. The number of aromatic amines is 1. The molecule has 2 N–H and O–H groups in total. The van der Waals surface area contributed by atoms with E-state index in [-0.39, 0.29) is 30.0 Å². The molecule has 7 heteroatoms. The lowest BCUT2D eigenvalue weighted by Crippen LogP contribution is -2.30. The van der Waals surface area contributed by atoms with E-state index in [9.17, 15) is 14.0 Å². The Morgan fingerprint density at radius 1 is 1.25 bits per heavy atom. The van der Waals surface area contributed by atoms with Gasteiger partial charge in [-0.2, -0.15) is 0 Å². The summed E-state index contributed by atoms with van der Waals surface area (Å²) >= 11 is 5.85. The molecule has 28 heavy (non-hydrogen) atoms. The molecular formula is C21H19ClFN3O2. The molecule has 3 aromatic rings. The van der Waals surface area contributed by atoms with Crippen LogP contribution in [0.5, 0.6) is 0 Å². The summed E-state index contributed by atoms with van der Waals surface area (Å²) in [6, 6.07) is 11.5. The fourth-order valence-corrected chi connectivity index (χ4v) is 3.68. The molecule has 0 spiro atoms. The molecule has 0 aliphatic carbocycles. The number of carbonyl (C=O) groups excluding carboxylic acids is 2. The first-order valence-corrected chi connectivity index (χ1v) is 9.47. The molecule has 4 rings (SSSR count). The first kappa shape index (κ1) is 18.5. The standard InChI is InChI=1S/C21H19ClFN3O2/c22-15-1-4-17(5-2-15)25-21(28)14-9-20(27)26(12-14)8-7-13-11-24-19-6-3-16(23)10-18(13)19/h1-6,10-11,14,24H,7-9,12H2,(H,25,28). The van der Waals surface area contributed by atoms with Crippen molar-refractivity contribution in [3.05, 3.63) is 65.1 Å². The minimum atomic E-state index is -0.386. The molecule has 1 fully saturated rings. The average Bonchev–Trinajstić information content (AvgIpc) is 3.25. The third-order valence-electron chi connectivity index (χ3n) is 5.08. The molecule has 0 saturated carbocycles. The van der Waals surface area contributed by atoms with Gasteiger partial charge in [-0.3, -0.25) is 9.59 Å². The molecule has 1 saturated heterocycles. The van der Waals surface area contributed by atoms with E-state index in [4.69, 9.17) is 11.6 Å². The highest BCUT2D eigenvalue weighted by atomic mass is 35.5. The van der Waals surface area contributed by atoms with Gasteiger partial charge in [-0.25, -0.2) is 4.39 Å². The van der Waals surface area contributed by atoms with Crippen molar-refractivity contribution >= 4 is 40.0 Å². The Kier molecular flexibility index (Phi) is 5.05. The fraction of sp³-hybridized carbons (Fsp3) is 0.238. The van der Waals surface area contributed by atoms with Gasteiger partial charge in [-0.1, -0.05) is 11.6 Å². The zero-order valence-corrected chi connectivity index (χ0v) is 15.8. The number of nitrogens with zero attached hydrogens (tertiary/aromatic N) is 1. The molecule has 2 amide bonds. The largest absolute Gasteiger partial charge is 0.361 e. The van der Waals surface area contributed by atoms with Crippen LogP contribution in [0.25, 0.3) is 10.9 Å². The van der Waals surface area contributed by atoms with Gasteiger partial charge in [0, 0.05) is 47.3 Å². The second-order valence-corrected chi connectivity index (χ2v) is 7.43. The third kappa shape index (κ3) is 3.87. The number of aromatic nitrogens is 1. The summed E-state index contributed by atoms with van der Waals surface area (Å²) in [4.78, 5) is 29.6. The van der Waals surface area contributed by atoms with Crippen LogP contribution < -0.4 is 5.32 Å². The number of hydrogen-bond donors (Lipinski definition) is 2. The molecule has 144 valence electrons. The summed E-state index contributed by atoms with van der Waals surface area (Å²) in [6.07, 6.45) is 2.64. The highest BCUT2D eigenvalue weighted by molar-refractivity contribution is 6.30. The second-order valence-electron chi connectivity index (χ2n) is 6.99. The summed E-state index contributed by atoms with van der Waals surface area (Å²) in [6.45, 7) is 0.877. The molecule has 1 atom stereocenters. The van der Waals surface area contributed by atoms with Crippen molar-refractivity contribution in [1.82, 2.24) is 9.88 Å². The maximum Gasteiger partial charge on any atom is 0.229 e. The summed E-state index contributed by atoms with van der Waals surface area (Å²) in [5, 5.41) is 4.25. The number of nitrogens with one attached hydrogen (secondary N) is 2. The Hall–Kier alpha value is -2.86. The van der Waals surface area contributed by atoms with Gasteiger partial charge in [0.05, 0.1) is 5.92 Å². The highest BCUT2D eigenvalue weighted by Gasteiger charge is 2.34. The SMILES string of the molecule is O=C(Nc1ccc(Cl)cc1)C1CC(=O)N(CCc2c[nH]c3ccc(F)cc23)C1. The zero-order valence-electron chi connectivity index (χ0n) is 15.0. The van der Waals surface area contributed by atoms with Crippen molar-refractivity contribution in [3.8, 4) is 0 Å². The Balaban J connectivity index is 1.37. The Morgan fingerprint density at radius 3 is 2.82 bits per heavy atom. The van der Waals surface area contributed by atoms with Crippen LogP contribution >= 0.6 is 11.6 Å². The number of hydrogen-bond acceptors (Lipinski definition) is 2. The Bertz CT molecular complexity index is 1030. The van der Waals surface area contributed by atoms with Crippen LogP contribution in [0.1, 0.15) is 12.0 Å². The van der Waals surface area contributed by atoms with E-state index >= 15 is 0 Å². The maximum absolute atomic E-state index is 13.5. The molecule has 0 bridgehead atoms. The maximum atomic E-state index is 13.5. The van der Waals surface area contributed by atoms with Crippen LogP contribution in [0.15, 0.2) is 48.7 Å². The van der Waals surface area contributed by atoms with Gasteiger partial charge in [0.2, 0.25) is 11.8 Å². The Labute approximate surface area is 166 Å². The van der Waals surface area contributed by atoms with E-state index in [1.54, 1.807) is 35.2 Å². The molecule has 1 unspecified atom stereocenters. The number of fused-ring (bicyclic) bond motifs is 1. The van der Waals surface area contributed by atoms with Crippen LogP contribution in [0.2, 0.25) is 5.02 Å². The predicted octanol–water partition coefficient (Wildman–Crippen LogP) is 3.99. The van der Waals surface area contributed by atoms with Gasteiger partial charge in [0.15, 0.2) is 0 Å². The van der Waals surface area contributed by atoms with Gasteiger partial charge in [0.25, 0.3) is 0 Å². The molecule has 5 nitrogen and oxygen atoms in total. The van der Waals surface area contributed by atoms with Crippen LogP contribution in [-0.4, -0.2) is 34.8 Å². The van der Waals surface area contributed by atoms with E-state index < -0.39 is 0 Å². The van der Waals surface area contributed by atoms with Crippen molar-refractivity contribution in [1.29, 1.82) is 0 Å². The van der Waals surface area contributed by atoms with Gasteiger partial charge >= 0.3 is 0 Å². The molecule has 0 radical (unpaired) electrons. The number of amides is 2. The van der Waals surface area contributed by atoms with E-state index in [1.165, 1.54) is 12.1 Å². The highest BCUT2D eigenvalue weighted by Crippen LogP contribution is 2.23. The van der Waals surface area contributed by atoms with Crippen molar-refractivity contribution in [2.45, 2.75) is 12.8 Å². The monoisotopic (exact) mass is 399 g/mol. The third-order valence-corrected chi connectivity index (χ3v) is 5.33. The van der Waals surface area contributed by atoms with E-state index in [0.29, 0.717) is 30.2 Å². The number of rotatable bonds is 5. The summed E-state index contributed by atoms with van der Waals surface area (Å²) < 4.78 is 13.5. The predicted molar refractivity (Wildman–Crippen MR) is 107 cm³/mol. The van der Waals surface area contributed by atoms with Crippen LogP contribution in [0, 0.1) is 11.7 Å². The lowest BCUT2D eigenvalue weighted by Gasteiger charge is -2.16. The topological polar surface area (TPSA) is 65.2 Å².